The van der Waals surface area contributed by atoms with Gasteiger partial charge in [-0.15, -0.1) is 0 Å². The van der Waals surface area contributed by atoms with Crippen molar-refractivity contribution in [3.8, 4) is 5.75 Å². The number of hydrogen-bond donors (Lipinski definition) is 2. The van der Waals surface area contributed by atoms with Crippen LogP contribution in [0.1, 0.15) is 26.3 Å². The van der Waals surface area contributed by atoms with Gasteiger partial charge >= 0.3 is 0 Å². The van der Waals surface area contributed by atoms with E-state index in [1.165, 1.54) is 12.1 Å². The van der Waals surface area contributed by atoms with Crippen molar-refractivity contribution < 1.29 is 19.0 Å². The lowest BCUT2D eigenvalue weighted by atomic mass is 10.2. The van der Waals surface area contributed by atoms with E-state index in [1.807, 2.05) is 20.8 Å². The fourth-order valence-electron chi connectivity index (χ4n) is 1.62. The van der Waals surface area contributed by atoms with Gasteiger partial charge < -0.3 is 19.9 Å². The lowest BCUT2D eigenvalue weighted by Gasteiger charge is -2.15. The summed E-state index contributed by atoms with van der Waals surface area (Å²) in [6, 6.07) is 4.54. The SMILES string of the molecule is CCNCc1cc(F)cc(OCC(O)COC(C)C)c1. The number of rotatable bonds is 9. The van der Waals surface area contributed by atoms with E-state index in [0.717, 1.165) is 12.1 Å². The smallest absolute Gasteiger partial charge is 0.127 e. The third-order valence-corrected chi connectivity index (χ3v) is 2.57. The molecule has 0 saturated heterocycles. The Morgan fingerprint density at radius 2 is 2.00 bits per heavy atom. The van der Waals surface area contributed by atoms with E-state index < -0.39 is 6.10 Å². The third-order valence-electron chi connectivity index (χ3n) is 2.57. The molecule has 20 heavy (non-hydrogen) atoms. The van der Waals surface area contributed by atoms with Crippen LogP contribution in [-0.4, -0.2) is 37.1 Å². The molecule has 0 saturated carbocycles. The Bertz CT molecular complexity index is 399. The van der Waals surface area contributed by atoms with E-state index in [9.17, 15) is 9.50 Å². The van der Waals surface area contributed by atoms with Gasteiger partial charge in [0, 0.05) is 12.6 Å². The van der Waals surface area contributed by atoms with Crippen LogP contribution in [0.3, 0.4) is 0 Å². The van der Waals surface area contributed by atoms with E-state index >= 15 is 0 Å². The topological polar surface area (TPSA) is 50.7 Å². The van der Waals surface area contributed by atoms with Crippen LogP contribution in [0.4, 0.5) is 4.39 Å². The molecular weight excluding hydrogens is 261 g/mol. The fourth-order valence-corrected chi connectivity index (χ4v) is 1.62. The molecule has 0 aliphatic carbocycles. The van der Waals surface area contributed by atoms with Gasteiger partial charge in [-0.2, -0.15) is 0 Å². The average Bonchev–Trinajstić information content (AvgIpc) is 2.40. The second-order valence-corrected chi connectivity index (χ2v) is 4.92. The summed E-state index contributed by atoms with van der Waals surface area (Å²) < 4.78 is 24.1. The summed E-state index contributed by atoms with van der Waals surface area (Å²) >= 11 is 0. The predicted molar refractivity (Wildman–Crippen MR) is 76.4 cm³/mol. The number of halogens is 1. The van der Waals surface area contributed by atoms with Gasteiger partial charge in [-0.1, -0.05) is 6.92 Å². The van der Waals surface area contributed by atoms with Crippen LogP contribution in [-0.2, 0) is 11.3 Å². The minimum atomic E-state index is -0.724. The molecule has 0 radical (unpaired) electrons. The van der Waals surface area contributed by atoms with Gasteiger partial charge in [-0.3, -0.25) is 0 Å². The van der Waals surface area contributed by atoms with E-state index in [4.69, 9.17) is 9.47 Å². The van der Waals surface area contributed by atoms with Gasteiger partial charge in [0.25, 0.3) is 0 Å². The van der Waals surface area contributed by atoms with Gasteiger partial charge in [0.05, 0.1) is 12.7 Å². The monoisotopic (exact) mass is 285 g/mol. The molecule has 0 bridgehead atoms. The van der Waals surface area contributed by atoms with Crippen molar-refractivity contribution in [2.24, 2.45) is 0 Å². The minimum absolute atomic E-state index is 0.0607. The standard InChI is InChI=1S/C15H24FNO3/c1-4-17-8-12-5-13(16)7-15(6-12)20-10-14(18)9-19-11(2)3/h5-7,11,14,17-18H,4,8-10H2,1-3H3. The maximum absolute atomic E-state index is 13.4. The van der Waals surface area contributed by atoms with E-state index in [2.05, 4.69) is 5.32 Å². The highest BCUT2D eigenvalue weighted by Gasteiger charge is 2.08. The lowest BCUT2D eigenvalue weighted by molar-refractivity contribution is -0.0123. The molecule has 0 spiro atoms. The first-order valence-electron chi connectivity index (χ1n) is 6.94. The molecule has 114 valence electrons. The second-order valence-electron chi connectivity index (χ2n) is 4.92. The molecule has 5 heteroatoms. The molecule has 0 aliphatic heterocycles. The Morgan fingerprint density at radius 1 is 1.25 bits per heavy atom. The number of ether oxygens (including phenoxy) is 2. The van der Waals surface area contributed by atoms with Gasteiger partial charge in [0.15, 0.2) is 0 Å². The summed E-state index contributed by atoms with van der Waals surface area (Å²) in [4.78, 5) is 0. The van der Waals surface area contributed by atoms with Crippen molar-refractivity contribution >= 4 is 0 Å². The van der Waals surface area contributed by atoms with Gasteiger partial charge in [-0.05, 0) is 38.1 Å². The summed E-state index contributed by atoms with van der Waals surface area (Å²) in [6.45, 7) is 7.47. The van der Waals surface area contributed by atoms with Crippen LogP contribution in [0.15, 0.2) is 18.2 Å². The van der Waals surface area contributed by atoms with Crippen molar-refractivity contribution in [2.45, 2.75) is 39.5 Å². The Kier molecular flexibility index (Phi) is 7.51. The molecule has 1 aromatic carbocycles. The van der Waals surface area contributed by atoms with Crippen LogP contribution < -0.4 is 10.1 Å². The first-order valence-corrected chi connectivity index (χ1v) is 6.94. The largest absolute Gasteiger partial charge is 0.491 e. The zero-order valence-corrected chi connectivity index (χ0v) is 12.4. The molecule has 0 amide bonds. The van der Waals surface area contributed by atoms with Crippen molar-refractivity contribution in [3.63, 3.8) is 0 Å². The Morgan fingerprint density at radius 3 is 2.65 bits per heavy atom. The number of nitrogens with one attached hydrogen (secondary N) is 1. The van der Waals surface area contributed by atoms with E-state index in [1.54, 1.807) is 6.07 Å². The maximum Gasteiger partial charge on any atom is 0.127 e. The van der Waals surface area contributed by atoms with Gasteiger partial charge in [-0.25, -0.2) is 4.39 Å². The van der Waals surface area contributed by atoms with Gasteiger partial charge in [0.1, 0.15) is 24.3 Å². The maximum atomic E-state index is 13.4. The third kappa shape index (κ3) is 6.84. The normalized spacial score (nSPS) is 12.7. The van der Waals surface area contributed by atoms with Crippen molar-refractivity contribution in [1.82, 2.24) is 5.32 Å². The van der Waals surface area contributed by atoms with Crippen LogP contribution in [0, 0.1) is 5.82 Å². The van der Waals surface area contributed by atoms with Crippen LogP contribution in [0.5, 0.6) is 5.75 Å². The molecule has 0 aromatic heterocycles. The zero-order chi connectivity index (χ0) is 15.0. The Balaban J connectivity index is 2.48. The molecule has 0 heterocycles. The summed E-state index contributed by atoms with van der Waals surface area (Å²) in [5, 5.41) is 12.8. The fraction of sp³-hybridized carbons (Fsp3) is 0.600. The van der Waals surface area contributed by atoms with Crippen molar-refractivity contribution in [3.05, 3.63) is 29.6 Å². The summed E-state index contributed by atoms with van der Waals surface area (Å²) in [6.07, 6.45) is -0.663. The molecule has 2 N–H and O–H groups in total. The van der Waals surface area contributed by atoms with Crippen molar-refractivity contribution in [1.29, 1.82) is 0 Å². The molecule has 1 rings (SSSR count). The average molecular weight is 285 g/mol. The Hall–Kier alpha value is -1.17. The summed E-state index contributed by atoms with van der Waals surface area (Å²) in [5.74, 6) is 0.0739. The van der Waals surface area contributed by atoms with E-state index in [0.29, 0.717) is 12.3 Å². The van der Waals surface area contributed by atoms with Crippen molar-refractivity contribution in [2.75, 3.05) is 19.8 Å². The highest BCUT2D eigenvalue weighted by atomic mass is 19.1. The number of benzene rings is 1. The highest BCUT2D eigenvalue weighted by Crippen LogP contribution is 2.16. The second kappa shape index (κ2) is 8.89. The number of hydrogen-bond acceptors (Lipinski definition) is 4. The predicted octanol–water partition coefficient (Wildman–Crippen LogP) is 2.10. The first kappa shape index (κ1) is 16.9. The van der Waals surface area contributed by atoms with E-state index in [-0.39, 0.29) is 25.1 Å². The first-order chi connectivity index (χ1) is 9.51. The summed E-state index contributed by atoms with van der Waals surface area (Å²) in [5.41, 5.74) is 0.815. The Labute approximate surface area is 119 Å². The summed E-state index contributed by atoms with van der Waals surface area (Å²) in [7, 11) is 0. The quantitative estimate of drug-likeness (QED) is 0.729. The molecule has 1 atom stereocenters. The molecule has 0 aliphatic rings. The number of aliphatic hydroxyl groups excluding tert-OH is 1. The molecule has 4 nitrogen and oxygen atoms in total. The molecule has 1 aromatic rings. The molecule has 1 unspecified atom stereocenters. The zero-order valence-electron chi connectivity index (χ0n) is 12.4. The van der Waals surface area contributed by atoms with Crippen LogP contribution >= 0.6 is 0 Å². The minimum Gasteiger partial charge on any atom is -0.491 e. The molecular formula is C15H24FNO3. The van der Waals surface area contributed by atoms with Gasteiger partial charge in [0.2, 0.25) is 0 Å². The van der Waals surface area contributed by atoms with Crippen LogP contribution in [0.2, 0.25) is 0 Å². The highest BCUT2D eigenvalue weighted by molar-refractivity contribution is 5.29. The number of aliphatic hydroxyl groups is 1. The molecule has 0 fully saturated rings. The van der Waals surface area contributed by atoms with Crippen LogP contribution in [0.25, 0.3) is 0 Å². The lowest BCUT2D eigenvalue weighted by Crippen LogP contribution is -2.25.